The van der Waals surface area contributed by atoms with Gasteiger partial charge >= 0.3 is 0 Å². The highest BCUT2D eigenvalue weighted by molar-refractivity contribution is 8.26. The first-order valence-corrected chi connectivity index (χ1v) is 11.9. The molecule has 2 aliphatic rings. The number of piperazine rings is 1. The Balaban J connectivity index is 1.39. The summed E-state index contributed by atoms with van der Waals surface area (Å²) < 4.78 is 6.45. The van der Waals surface area contributed by atoms with E-state index in [-0.39, 0.29) is 5.91 Å². The van der Waals surface area contributed by atoms with Crippen LogP contribution in [0.4, 0.5) is 5.69 Å². The van der Waals surface area contributed by atoms with Crippen LogP contribution in [0, 0.1) is 0 Å². The molecule has 1 amide bonds. The van der Waals surface area contributed by atoms with E-state index in [1.54, 1.807) is 4.90 Å². The normalized spacial score (nSPS) is 18.8. The Morgan fingerprint density at radius 2 is 1.74 bits per heavy atom. The molecule has 0 bridgehead atoms. The molecule has 0 unspecified atom stereocenters. The predicted molar refractivity (Wildman–Crippen MR) is 132 cm³/mol. The second-order valence-corrected chi connectivity index (χ2v) is 9.25. The van der Waals surface area contributed by atoms with Crippen molar-refractivity contribution in [2.45, 2.75) is 13.3 Å². The van der Waals surface area contributed by atoms with E-state index >= 15 is 0 Å². The van der Waals surface area contributed by atoms with Crippen LogP contribution in [-0.2, 0) is 4.79 Å². The Hall–Kier alpha value is -2.35. The Morgan fingerprint density at radius 3 is 2.48 bits per heavy atom. The van der Waals surface area contributed by atoms with E-state index in [1.807, 2.05) is 36.4 Å². The number of nitrogens with zero attached hydrogens (tertiary/aromatic N) is 3. The van der Waals surface area contributed by atoms with Crippen molar-refractivity contribution >= 4 is 46.0 Å². The summed E-state index contributed by atoms with van der Waals surface area (Å²) in [5.74, 6) is 0.775. The number of amides is 1. The molecule has 7 heteroatoms. The monoisotopic (exact) mass is 453 g/mol. The van der Waals surface area contributed by atoms with Gasteiger partial charge in [0.2, 0.25) is 0 Å². The first-order chi connectivity index (χ1) is 15.2. The third-order valence-corrected chi connectivity index (χ3v) is 6.75. The lowest BCUT2D eigenvalue weighted by Crippen LogP contribution is -2.50. The van der Waals surface area contributed by atoms with Gasteiger partial charge in [-0.15, -0.1) is 0 Å². The number of carbonyl (C=O) groups excluding carboxylic acids is 1. The molecule has 5 nitrogen and oxygen atoms in total. The van der Waals surface area contributed by atoms with E-state index in [9.17, 15) is 4.79 Å². The molecule has 0 aromatic heterocycles. The fourth-order valence-corrected chi connectivity index (χ4v) is 4.93. The molecule has 2 aromatic carbocycles. The Bertz CT molecular complexity index is 956. The van der Waals surface area contributed by atoms with E-state index in [4.69, 9.17) is 17.0 Å². The lowest BCUT2D eigenvalue weighted by atomic mass is 10.2. The molecule has 0 N–H and O–H groups in total. The summed E-state index contributed by atoms with van der Waals surface area (Å²) >= 11 is 6.91. The highest BCUT2D eigenvalue weighted by Crippen LogP contribution is 2.34. The Kier molecular flexibility index (Phi) is 7.27. The van der Waals surface area contributed by atoms with Crippen LogP contribution in [0.2, 0.25) is 0 Å². The summed E-state index contributed by atoms with van der Waals surface area (Å²) in [6, 6.07) is 18.3. The Morgan fingerprint density at radius 1 is 1.03 bits per heavy atom. The van der Waals surface area contributed by atoms with E-state index in [1.165, 1.54) is 17.4 Å². The van der Waals surface area contributed by atoms with E-state index < -0.39 is 0 Å². The zero-order chi connectivity index (χ0) is 21.6. The summed E-state index contributed by atoms with van der Waals surface area (Å²) in [5, 5.41) is 0. The molecule has 2 fully saturated rings. The molecular formula is C24H27N3O2S2. The number of anilines is 1. The lowest BCUT2D eigenvalue weighted by Gasteiger charge is -2.37. The van der Waals surface area contributed by atoms with Crippen LogP contribution in [0.5, 0.6) is 5.75 Å². The number of ether oxygens (including phenoxy) is 1. The SMILES string of the molecule is CCCOc1ccccc1/C=C1/SC(=S)N(CN2CCN(c3ccccc3)CC2)C1=O. The van der Waals surface area contributed by atoms with Crippen molar-refractivity contribution in [3.05, 3.63) is 65.1 Å². The van der Waals surface area contributed by atoms with Crippen molar-refractivity contribution in [1.82, 2.24) is 9.80 Å². The summed E-state index contributed by atoms with van der Waals surface area (Å²) in [4.78, 5) is 20.1. The number of thioether (sulfide) groups is 1. The van der Waals surface area contributed by atoms with Gasteiger partial charge in [0.25, 0.3) is 5.91 Å². The third kappa shape index (κ3) is 5.29. The van der Waals surface area contributed by atoms with Gasteiger partial charge in [-0.3, -0.25) is 14.6 Å². The van der Waals surface area contributed by atoms with Gasteiger partial charge in [0.05, 0.1) is 18.2 Å². The van der Waals surface area contributed by atoms with Crippen molar-refractivity contribution in [1.29, 1.82) is 0 Å². The Labute approximate surface area is 193 Å². The second-order valence-electron chi connectivity index (χ2n) is 7.58. The molecule has 2 aromatic rings. The average molecular weight is 454 g/mol. The van der Waals surface area contributed by atoms with Crippen LogP contribution < -0.4 is 9.64 Å². The zero-order valence-corrected chi connectivity index (χ0v) is 19.3. The number of hydrogen-bond donors (Lipinski definition) is 0. The number of para-hydroxylation sites is 2. The average Bonchev–Trinajstić information content (AvgIpc) is 3.07. The van der Waals surface area contributed by atoms with E-state index in [0.29, 0.717) is 22.5 Å². The van der Waals surface area contributed by atoms with Crippen molar-refractivity contribution in [3.63, 3.8) is 0 Å². The molecule has 2 heterocycles. The fourth-order valence-electron chi connectivity index (χ4n) is 3.69. The first-order valence-electron chi connectivity index (χ1n) is 10.6. The number of hydrogen-bond acceptors (Lipinski definition) is 6. The van der Waals surface area contributed by atoms with Gasteiger partial charge in [0.1, 0.15) is 10.1 Å². The van der Waals surface area contributed by atoms with Gasteiger partial charge in [-0.1, -0.05) is 67.3 Å². The van der Waals surface area contributed by atoms with Gasteiger partial charge in [0.15, 0.2) is 0 Å². The van der Waals surface area contributed by atoms with Crippen LogP contribution >= 0.6 is 24.0 Å². The molecule has 0 aliphatic carbocycles. The second kappa shape index (κ2) is 10.3. The van der Waals surface area contributed by atoms with Crippen molar-refractivity contribution in [3.8, 4) is 5.75 Å². The van der Waals surface area contributed by atoms with Gasteiger partial charge in [-0.2, -0.15) is 0 Å². The molecule has 0 radical (unpaired) electrons. The smallest absolute Gasteiger partial charge is 0.267 e. The zero-order valence-electron chi connectivity index (χ0n) is 17.7. The van der Waals surface area contributed by atoms with Crippen LogP contribution in [-0.4, -0.2) is 59.5 Å². The summed E-state index contributed by atoms with van der Waals surface area (Å²) in [6.45, 7) is 6.96. The lowest BCUT2D eigenvalue weighted by molar-refractivity contribution is -0.123. The molecule has 162 valence electrons. The van der Waals surface area contributed by atoms with Gasteiger partial charge in [-0.25, -0.2) is 0 Å². The number of carbonyl (C=O) groups is 1. The number of thiocarbonyl (C=S) groups is 1. The molecule has 0 saturated carbocycles. The minimum atomic E-state index is -0.0224. The largest absolute Gasteiger partial charge is 0.493 e. The first kappa shape index (κ1) is 21.9. The van der Waals surface area contributed by atoms with Gasteiger partial charge in [0, 0.05) is 37.4 Å². The van der Waals surface area contributed by atoms with E-state index in [0.717, 1.165) is 43.9 Å². The highest BCUT2D eigenvalue weighted by Gasteiger charge is 2.34. The maximum atomic E-state index is 13.1. The minimum Gasteiger partial charge on any atom is -0.493 e. The summed E-state index contributed by atoms with van der Waals surface area (Å²) in [6.07, 6.45) is 2.84. The standard InChI is InChI=1S/C24H27N3O2S2/c1-2-16-29-21-11-7-6-8-19(21)17-22-23(28)27(24(30)31-22)18-25-12-14-26(15-13-25)20-9-4-3-5-10-20/h3-11,17H,2,12-16,18H2,1H3/b22-17+. The molecule has 0 spiro atoms. The molecule has 31 heavy (non-hydrogen) atoms. The van der Waals surface area contributed by atoms with Crippen molar-refractivity contribution in [2.24, 2.45) is 0 Å². The summed E-state index contributed by atoms with van der Waals surface area (Å²) in [5.41, 5.74) is 2.16. The molecule has 0 atom stereocenters. The van der Waals surface area contributed by atoms with Crippen LogP contribution in [0.1, 0.15) is 18.9 Å². The topological polar surface area (TPSA) is 36.0 Å². The summed E-state index contributed by atoms with van der Waals surface area (Å²) in [7, 11) is 0. The minimum absolute atomic E-state index is 0.0224. The van der Waals surface area contributed by atoms with Gasteiger partial charge < -0.3 is 9.64 Å². The molecule has 2 saturated heterocycles. The highest BCUT2D eigenvalue weighted by atomic mass is 32.2. The van der Waals surface area contributed by atoms with Crippen LogP contribution in [0.15, 0.2) is 59.5 Å². The quantitative estimate of drug-likeness (QED) is 0.455. The van der Waals surface area contributed by atoms with Crippen molar-refractivity contribution in [2.75, 3.05) is 44.4 Å². The third-order valence-electron chi connectivity index (χ3n) is 5.38. The van der Waals surface area contributed by atoms with Crippen molar-refractivity contribution < 1.29 is 9.53 Å². The molecule has 4 rings (SSSR count). The number of rotatable bonds is 7. The number of benzene rings is 2. The van der Waals surface area contributed by atoms with Gasteiger partial charge in [-0.05, 0) is 30.7 Å². The molecular weight excluding hydrogens is 426 g/mol. The molecule has 2 aliphatic heterocycles. The maximum Gasteiger partial charge on any atom is 0.267 e. The van der Waals surface area contributed by atoms with Crippen LogP contribution in [0.25, 0.3) is 6.08 Å². The predicted octanol–water partition coefficient (Wildman–Crippen LogP) is 4.46. The van der Waals surface area contributed by atoms with E-state index in [2.05, 4.69) is 41.0 Å². The maximum absolute atomic E-state index is 13.1. The fraction of sp³-hybridized carbons (Fsp3) is 0.333. The van der Waals surface area contributed by atoms with Crippen LogP contribution in [0.3, 0.4) is 0 Å².